The fraction of sp³-hybridized carbons (Fsp3) is 0.348. The Hall–Kier alpha value is -2.34. The Balaban J connectivity index is 1.81. The smallest absolute Gasteiger partial charge is 0.303 e. The molecule has 3 rings (SSSR count). The number of carboxylic acids is 1. The lowest BCUT2D eigenvalue weighted by Gasteiger charge is -2.37. The molecule has 0 aliphatic carbocycles. The van der Waals surface area contributed by atoms with Crippen LogP contribution >= 0.6 is 11.6 Å². The molecular formula is C23H25ClO5. The number of carbonyl (C=O) groups is 1. The lowest BCUT2D eigenvalue weighted by molar-refractivity contribution is -0.244. The van der Waals surface area contributed by atoms with Crippen LogP contribution in [0, 0.1) is 5.92 Å². The van der Waals surface area contributed by atoms with Gasteiger partial charge in [0.05, 0.1) is 19.8 Å². The first-order valence-electron chi connectivity index (χ1n) is 9.61. The number of benzene rings is 2. The Kier molecular flexibility index (Phi) is 7.69. The second-order valence-corrected chi connectivity index (χ2v) is 7.29. The minimum absolute atomic E-state index is 0.0612. The van der Waals surface area contributed by atoms with E-state index in [-0.39, 0.29) is 18.4 Å². The maximum Gasteiger partial charge on any atom is 0.303 e. The number of allylic oxidation sites excluding steroid dienone is 2. The quantitative estimate of drug-likeness (QED) is 0.570. The predicted octanol–water partition coefficient (Wildman–Crippen LogP) is 5.56. The van der Waals surface area contributed by atoms with Gasteiger partial charge in [-0.15, -0.1) is 0 Å². The van der Waals surface area contributed by atoms with Gasteiger partial charge in [-0.05, 0) is 25.0 Å². The van der Waals surface area contributed by atoms with Crippen molar-refractivity contribution in [1.29, 1.82) is 0 Å². The summed E-state index contributed by atoms with van der Waals surface area (Å²) in [6.07, 6.45) is 4.42. The first kappa shape index (κ1) is 21.4. The van der Waals surface area contributed by atoms with Crippen molar-refractivity contribution in [3.05, 3.63) is 76.8 Å². The number of rotatable bonds is 8. The number of hydrogen-bond donors (Lipinski definition) is 1. The van der Waals surface area contributed by atoms with Gasteiger partial charge < -0.3 is 19.3 Å². The molecule has 0 amide bonds. The summed E-state index contributed by atoms with van der Waals surface area (Å²) in [5, 5.41) is 9.37. The molecule has 1 N–H and O–H groups in total. The minimum Gasteiger partial charge on any atom is -0.496 e. The molecule has 1 fully saturated rings. The van der Waals surface area contributed by atoms with Gasteiger partial charge in [-0.1, -0.05) is 60.2 Å². The third-order valence-electron chi connectivity index (χ3n) is 4.90. The summed E-state index contributed by atoms with van der Waals surface area (Å²) in [7, 11) is 1.64. The average Bonchev–Trinajstić information content (AvgIpc) is 2.74. The molecule has 0 radical (unpaired) electrons. The maximum atomic E-state index is 10.7. The van der Waals surface area contributed by atoms with Crippen molar-refractivity contribution in [3.8, 4) is 5.75 Å². The van der Waals surface area contributed by atoms with Gasteiger partial charge in [0.1, 0.15) is 5.75 Å². The van der Waals surface area contributed by atoms with Crippen LogP contribution in [0.1, 0.15) is 42.8 Å². The second kappa shape index (κ2) is 10.4. The molecule has 1 aliphatic rings. The fourth-order valence-corrected chi connectivity index (χ4v) is 3.65. The molecule has 0 spiro atoms. The normalized spacial score (nSPS) is 21.9. The minimum atomic E-state index is -0.798. The summed E-state index contributed by atoms with van der Waals surface area (Å²) >= 11 is 6.35. The number of para-hydroxylation sites is 1. The van der Waals surface area contributed by atoms with Crippen molar-refractivity contribution in [1.82, 2.24) is 0 Å². The summed E-state index contributed by atoms with van der Waals surface area (Å²) in [4.78, 5) is 10.7. The topological polar surface area (TPSA) is 65.0 Å². The van der Waals surface area contributed by atoms with Crippen LogP contribution in [0.25, 0.3) is 0 Å². The fourth-order valence-electron chi connectivity index (χ4n) is 3.43. The van der Waals surface area contributed by atoms with Crippen molar-refractivity contribution in [2.24, 2.45) is 5.92 Å². The number of ether oxygens (including phenoxy) is 3. The molecule has 0 unspecified atom stereocenters. The Morgan fingerprint density at radius 3 is 2.62 bits per heavy atom. The first-order chi connectivity index (χ1) is 14.1. The molecule has 29 heavy (non-hydrogen) atoms. The van der Waals surface area contributed by atoms with Crippen molar-refractivity contribution in [2.45, 2.75) is 31.7 Å². The molecule has 3 atom stereocenters. The molecule has 1 saturated heterocycles. The van der Waals surface area contributed by atoms with E-state index in [0.717, 1.165) is 16.9 Å². The van der Waals surface area contributed by atoms with E-state index in [0.29, 0.717) is 24.5 Å². The van der Waals surface area contributed by atoms with E-state index in [9.17, 15) is 4.79 Å². The van der Waals surface area contributed by atoms with E-state index in [1.54, 1.807) is 7.11 Å². The molecule has 0 bridgehead atoms. The number of carboxylic acid groups (broad SMARTS) is 1. The molecule has 2 aromatic carbocycles. The summed E-state index contributed by atoms with van der Waals surface area (Å²) in [6, 6.07) is 15.3. The largest absolute Gasteiger partial charge is 0.496 e. The summed E-state index contributed by atoms with van der Waals surface area (Å²) in [5.41, 5.74) is 1.75. The van der Waals surface area contributed by atoms with Crippen molar-refractivity contribution in [2.75, 3.05) is 13.7 Å². The molecule has 0 saturated carbocycles. The number of aliphatic carboxylic acids is 1. The average molecular weight is 417 g/mol. The van der Waals surface area contributed by atoms with Crippen LogP contribution in [0.15, 0.2) is 60.7 Å². The maximum absolute atomic E-state index is 10.7. The van der Waals surface area contributed by atoms with Gasteiger partial charge in [-0.25, -0.2) is 0 Å². The zero-order chi connectivity index (χ0) is 20.6. The van der Waals surface area contributed by atoms with Gasteiger partial charge in [-0.2, -0.15) is 0 Å². The highest BCUT2D eigenvalue weighted by Gasteiger charge is 2.35. The lowest BCUT2D eigenvalue weighted by atomic mass is 9.91. The van der Waals surface area contributed by atoms with Crippen molar-refractivity contribution >= 4 is 17.6 Å². The van der Waals surface area contributed by atoms with Gasteiger partial charge in [-0.3, -0.25) is 4.79 Å². The highest BCUT2D eigenvalue weighted by atomic mass is 35.5. The summed E-state index contributed by atoms with van der Waals surface area (Å²) < 4.78 is 17.9. The standard InChI is InChI=1S/C23H25ClO5/c1-27-20-13-8-6-11-18(20)22-16(9-3-2-4-14-21(25)26)15-28-23(29-22)17-10-5-7-12-19(17)24/h2-3,5-8,10-13,16,22-23H,4,9,14-15H2,1H3,(H,25,26)/b3-2-/t16-,22+,23+/m0/s1. The monoisotopic (exact) mass is 416 g/mol. The van der Waals surface area contributed by atoms with E-state index in [4.69, 9.17) is 30.9 Å². The van der Waals surface area contributed by atoms with Crippen molar-refractivity contribution in [3.63, 3.8) is 0 Å². The molecule has 0 aromatic heterocycles. The van der Waals surface area contributed by atoms with Gasteiger partial charge in [0, 0.05) is 28.5 Å². The van der Waals surface area contributed by atoms with Gasteiger partial charge >= 0.3 is 5.97 Å². The summed E-state index contributed by atoms with van der Waals surface area (Å²) in [5.74, 6) is 0.0248. The molecule has 6 heteroatoms. The molecule has 154 valence electrons. The first-order valence-corrected chi connectivity index (χ1v) is 9.99. The highest BCUT2D eigenvalue weighted by molar-refractivity contribution is 6.31. The highest BCUT2D eigenvalue weighted by Crippen LogP contribution is 2.43. The van der Waals surface area contributed by atoms with E-state index < -0.39 is 12.3 Å². The van der Waals surface area contributed by atoms with Gasteiger partial charge in [0.15, 0.2) is 6.29 Å². The van der Waals surface area contributed by atoms with E-state index in [1.807, 2.05) is 60.7 Å². The molecular weight excluding hydrogens is 392 g/mol. The molecule has 2 aromatic rings. The van der Waals surface area contributed by atoms with Gasteiger partial charge in [0.25, 0.3) is 0 Å². The second-order valence-electron chi connectivity index (χ2n) is 6.89. The Morgan fingerprint density at radius 2 is 1.90 bits per heavy atom. The SMILES string of the molecule is COc1ccccc1[C@@H]1O[C@H](c2ccccc2Cl)OC[C@@H]1C/C=C\CCC(=O)O. The Morgan fingerprint density at radius 1 is 1.17 bits per heavy atom. The third-order valence-corrected chi connectivity index (χ3v) is 5.24. The van der Waals surface area contributed by atoms with Crippen LogP contribution < -0.4 is 4.74 Å². The van der Waals surface area contributed by atoms with Crippen LogP contribution in [0.5, 0.6) is 5.75 Å². The zero-order valence-electron chi connectivity index (χ0n) is 16.3. The van der Waals surface area contributed by atoms with E-state index in [2.05, 4.69) is 0 Å². The number of hydrogen-bond acceptors (Lipinski definition) is 4. The van der Waals surface area contributed by atoms with E-state index >= 15 is 0 Å². The van der Waals surface area contributed by atoms with E-state index in [1.165, 1.54) is 0 Å². The zero-order valence-corrected chi connectivity index (χ0v) is 17.0. The third kappa shape index (κ3) is 5.60. The Labute approximate surface area is 175 Å². The van der Waals surface area contributed by atoms with Crippen LogP contribution in [-0.2, 0) is 14.3 Å². The van der Waals surface area contributed by atoms with Crippen LogP contribution in [0.2, 0.25) is 5.02 Å². The van der Waals surface area contributed by atoms with Crippen LogP contribution in [-0.4, -0.2) is 24.8 Å². The van der Waals surface area contributed by atoms with Crippen LogP contribution in [0.3, 0.4) is 0 Å². The number of halogens is 1. The lowest BCUT2D eigenvalue weighted by Crippen LogP contribution is -2.30. The van der Waals surface area contributed by atoms with Crippen molar-refractivity contribution < 1.29 is 24.1 Å². The van der Waals surface area contributed by atoms with Gasteiger partial charge in [0.2, 0.25) is 0 Å². The molecule has 1 aliphatic heterocycles. The summed E-state index contributed by atoms with van der Waals surface area (Å²) in [6.45, 7) is 0.488. The molecule has 5 nitrogen and oxygen atoms in total. The molecule has 1 heterocycles. The Bertz CT molecular complexity index is 851. The predicted molar refractivity (Wildman–Crippen MR) is 111 cm³/mol. The number of methoxy groups -OCH3 is 1. The van der Waals surface area contributed by atoms with Crippen LogP contribution in [0.4, 0.5) is 0 Å².